The molecule has 0 bridgehead atoms. The summed E-state index contributed by atoms with van der Waals surface area (Å²) < 4.78 is 24.4. The highest BCUT2D eigenvalue weighted by molar-refractivity contribution is 5.66. The molecular formula is C25H41FO2. The lowest BCUT2D eigenvalue weighted by Crippen LogP contribution is -2.59. The smallest absolute Gasteiger partial charge is 0.303 e. The van der Waals surface area contributed by atoms with Crippen molar-refractivity contribution in [2.75, 3.05) is 0 Å². The Balaban J connectivity index is 1.61. The second-order valence-electron chi connectivity index (χ2n) is 11.4. The summed E-state index contributed by atoms with van der Waals surface area (Å²) in [5.74, 6) is 2.57. The number of alkyl halides is 1. The highest BCUT2D eigenvalue weighted by atomic mass is 19.1. The van der Waals surface area contributed by atoms with Gasteiger partial charge in [-0.2, -0.15) is 0 Å². The Morgan fingerprint density at radius 1 is 1.25 bits per heavy atom. The van der Waals surface area contributed by atoms with Gasteiger partial charge in [-0.15, -0.1) is 0 Å². The molecular weight excluding hydrogens is 351 g/mol. The summed E-state index contributed by atoms with van der Waals surface area (Å²) in [7, 11) is 0. The van der Waals surface area contributed by atoms with E-state index in [9.17, 15) is 4.79 Å². The van der Waals surface area contributed by atoms with Gasteiger partial charge in [0.2, 0.25) is 0 Å². The summed E-state index contributed by atoms with van der Waals surface area (Å²) >= 11 is 0. The normalized spacial score (nSPS) is 54.8. The molecule has 4 aliphatic carbocycles. The number of hydrogen-bond donors (Lipinski definition) is 1. The molecule has 11 atom stereocenters. The molecule has 2 nitrogen and oxygen atoms in total. The van der Waals surface area contributed by atoms with Crippen molar-refractivity contribution in [1.82, 2.24) is 0 Å². The molecule has 0 aromatic carbocycles. The number of carboxylic acids is 1. The Kier molecular flexibility index (Phi) is 5.03. The van der Waals surface area contributed by atoms with Crippen molar-refractivity contribution >= 4 is 5.97 Å². The molecule has 4 rings (SSSR count). The lowest BCUT2D eigenvalue weighted by Gasteiger charge is -2.63. The second-order valence-corrected chi connectivity index (χ2v) is 11.4. The average Bonchev–Trinajstić information content (AvgIpc) is 3.01. The minimum absolute atomic E-state index is 0.0813. The molecule has 4 aliphatic rings. The van der Waals surface area contributed by atoms with Gasteiger partial charge in [0.15, 0.2) is 0 Å². The van der Waals surface area contributed by atoms with Crippen LogP contribution in [-0.4, -0.2) is 17.2 Å². The van der Waals surface area contributed by atoms with E-state index in [-0.39, 0.29) is 29.6 Å². The molecule has 0 spiro atoms. The molecule has 0 aromatic rings. The van der Waals surface area contributed by atoms with Crippen LogP contribution in [0.2, 0.25) is 0 Å². The van der Waals surface area contributed by atoms with Gasteiger partial charge in [0.25, 0.3) is 0 Å². The number of halogens is 1. The van der Waals surface area contributed by atoms with Crippen molar-refractivity contribution in [2.24, 2.45) is 52.3 Å². The molecule has 0 heterocycles. The number of carboxylic acid groups (broad SMARTS) is 1. The first kappa shape index (κ1) is 19.4. The lowest BCUT2D eigenvalue weighted by atomic mass is 9.42. The van der Waals surface area contributed by atoms with Crippen LogP contribution < -0.4 is 0 Å². The number of fused-ring (bicyclic) bond motifs is 5. The Labute approximate surface area is 172 Å². The Morgan fingerprint density at radius 2 is 2.00 bits per heavy atom. The maximum absolute atomic E-state index is 16.1. The third-order valence-electron chi connectivity index (χ3n) is 10.4. The van der Waals surface area contributed by atoms with E-state index in [1.807, 2.05) is 0 Å². The third-order valence-corrected chi connectivity index (χ3v) is 10.4. The van der Waals surface area contributed by atoms with E-state index >= 15 is 4.39 Å². The van der Waals surface area contributed by atoms with Crippen LogP contribution in [0.1, 0.15) is 93.2 Å². The standard InChI is InChI=1S/C25H41FO2/c1-15(8-11-22(27)28)18-9-10-19-23-16(2)13-17-7-5-6-12-24(17,3)20(23)14-21(26)25(18,19)4/h15-21,23H,5-14H2,1-4H3,(H,27,28)/t15-,16?,17?,18-,19?,20?,21?,23?,24+,25-/m1/s1/i5D/t5?,15-,16?,17?,18-,19?,20?,21?,23?,24+,25-. The van der Waals surface area contributed by atoms with Crippen LogP contribution in [0.3, 0.4) is 0 Å². The maximum atomic E-state index is 16.1. The molecule has 0 amide bonds. The van der Waals surface area contributed by atoms with E-state index in [4.69, 9.17) is 6.48 Å². The second kappa shape index (κ2) is 7.27. The van der Waals surface area contributed by atoms with E-state index in [1.165, 1.54) is 6.42 Å². The molecule has 3 heteroatoms. The highest BCUT2D eigenvalue weighted by Crippen LogP contribution is 2.70. The topological polar surface area (TPSA) is 37.3 Å². The van der Waals surface area contributed by atoms with E-state index < -0.39 is 12.1 Å². The lowest BCUT2D eigenvalue weighted by molar-refractivity contribution is -0.166. The van der Waals surface area contributed by atoms with Gasteiger partial charge in [-0.25, -0.2) is 4.39 Å². The predicted molar refractivity (Wildman–Crippen MR) is 111 cm³/mol. The molecule has 1 N–H and O–H groups in total. The van der Waals surface area contributed by atoms with Gasteiger partial charge >= 0.3 is 5.97 Å². The first-order valence-corrected chi connectivity index (χ1v) is 11.9. The van der Waals surface area contributed by atoms with Crippen LogP contribution in [0, 0.1) is 52.3 Å². The van der Waals surface area contributed by atoms with Crippen LogP contribution in [0.4, 0.5) is 4.39 Å². The average molecular weight is 394 g/mol. The fraction of sp³-hybridized carbons (Fsp3) is 0.960. The highest BCUT2D eigenvalue weighted by Gasteiger charge is 2.65. The van der Waals surface area contributed by atoms with Crippen molar-refractivity contribution in [1.29, 1.82) is 0 Å². The number of aliphatic carboxylic acids is 1. The third kappa shape index (κ3) is 2.97. The van der Waals surface area contributed by atoms with Gasteiger partial charge in [0.05, 0.1) is 0 Å². The Hall–Kier alpha value is -0.600. The van der Waals surface area contributed by atoms with E-state index in [0.717, 1.165) is 32.1 Å². The van der Waals surface area contributed by atoms with Gasteiger partial charge in [-0.3, -0.25) is 4.79 Å². The van der Waals surface area contributed by atoms with Crippen LogP contribution in [-0.2, 0) is 4.79 Å². The first-order valence-electron chi connectivity index (χ1n) is 12.4. The molecule has 0 aromatic heterocycles. The molecule has 7 unspecified atom stereocenters. The summed E-state index contributed by atoms with van der Waals surface area (Å²) in [6.45, 7) is 9.22. The molecule has 0 radical (unpaired) electrons. The SMILES string of the molecule is [2H]C1CC[C@@]2(C)C(C1)CC(C)C1C2CC(F)[C@@]2(C)C1CC[C@@H]2[C@H](C)CCC(=O)O. The van der Waals surface area contributed by atoms with Gasteiger partial charge < -0.3 is 5.11 Å². The fourth-order valence-corrected chi connectivity index (χ4v) is 8.86. The van der Waals surface area contributed by atoms with Crippen molar-refractivity contribution in [2.45, 2.75) is 98.1 Å². The molecule has 160 valence electrons. The van der Waals surface area contributed by atoms with Crippen molar-refractivity contribution in [3.05, 3.63) is 0 Å². The quantitative estimate of drug-likeness (QED) is 0.575. The Morgan fingerprint density at radius 3 is 2.71 bits per heavy atom. The van der Waals surface area contributed by atoms with E-state index in [1.54, 1.807) is 0 Å². The zero-order valence-electron chi connectivity index (χ0n) is 19.3. The number of hydrogen-bond acceptors (Lipinski definition) is 1. The summed E-state index contributed by atoms with van der Waals surface area (Å²) in [6, 6.07) is 0. The zero-order chi connectivity index (χ0) is 21.1. The van der Waals surface area contributed by atoms with Crippen LogP contribution in [0.15, 0.2) is 0 Å². The van der Waals surface area contributed by atoms with Gasteiger partial charge in [0, 0.05) is 13.2 Å². The molecule has 28 heavy (non-hydrogen) atoms. The van der Waals surface area contributed by atoms with Crippen LogP contribution in [0.5, 0.6) is 0 Å². The Bertz CT molecular complexity index is 640. The van der Waals surface area contributed by atoms with Crippen molar-refractivity contribution in [3.8, 4) is 0 Å². The first-order chi connectivity index (χ1) is 13.6. The van der Waals surface area contributed by atoms with Crippen LogP contribution in [0.25, 0.3) is 0 Å². The monoisotopic (exact) mass is 393 g/mol. The zero-order valence-corrected chi connectivity index (χ0v) is 18.3. The van der Waals surface area contributed by atoms with Crippen molar-refractivity contribution in [3.63, 3.8) is 0 Å². The largest absolute Gasteiger partial charge is 0.481 e. The van der Waals surface area contributed by atoms with Gasteiger partial charge in [0.1, 0.15) is 6.17 Å². The maximum Gasteiger partial charge on any atom is 0.303 e. The number of carbonyl (C=O) groups is 1. The summed E-state index contributed by atoms with van der Waals surface area (Å²) in [6.07, 6.45) is 7.37. The minimum Gasteiger partial charge on any atom is -0.481 e. The van der Waals surface area contributed by atoms with Crippen LogP contribution >= 0.6 is 0 Å². The van der Waals surface area contributed by atoms with Gasteiger partial charge in [-0.05, 0) is 91.8 Å². The van der Waals surface area contributed by atoms with Crippen molar-refractivity contribution < 1.29 is 15.7 Å². The molecule has 0 saturated heterocycles. The molecule has 4 fully saturated rings. The number of rotatable bonds is 4. The minimum atomic E-state index is -0.773. The van der Waals surface area contributed by atoms with E-state index in [0.29, 0.717) is 48.3 Å². The molecule has 0 aliphatic heterocycles. The fourth-order valence-electron chi connectivity index (χ4n) is 8.86. The predicted octanol–water partition coefficient (Wildman–Crippen LogP) is 6.73. The van der Waals surface area contributed by atoms with Gasteiger partial charge in [-0.1, -0.05) is 40.5 Å². The summed E-state index contributed by atoms with van der Waals surface area (Å²) in [5.41, 5.74) is -0.0728. The molecule has 4 saturated carbocycles. The van der Waals surface area contributed by atoms with E-state index in [2.05, 4.69) is 27.7 Å². The summed E-state index contributed by atoms with van der Waals surface area (Å²) in [5, 5.41) is 9.11. The summed E-state index contributed by atoms with van der Waals surface area (Å²) in [4.78, 5) is 11.1.